The molecule has 0 aliphatic carbocycles. The van der Waals surface area contributed by atoms with E-state index >= 15 is 0 Å². The molecule has 108 valence electrons. The minimum Gasteiger partial charge on any atom is -0.259 e. The van der Waals surface area contributed by atoms with Crippen LogP contribution in [-0.2, 0) is 22.3 Å². The molecule has 2 aromatic heterocycles. The van der Waals surface area contributed by atoms with Crippen molar-refractivity contribution in [1.82, 2.24) is 14.8 Å². The quantitative estimate of drug-likeness (QED) is 0.726. The summed E-state index contributed by atoms with van der Waals surface area (Å²) in [6.45, 7) is 1.96. The summed E-state index contributed by atoms with van der Waals surface area (Å²) in [7, 11) is -0.930. The van der Waals surface area contributed by atoms with Gasteiger partial charge in [-0.3, -0.25) is 4.21 Å². The van der Waals surface area contributed by atoms with Crippen LogP contribution in [0.4, 0.5) is 0 Å². The Balaban J connectivity index is 1.63. The van der Waals surface area contributed by atoms with Crippen LogP contribution >= 0.6 is 11.3 Å². The predicted molar refractivity (Wildman–Crippen MR) is 86.0 cm³/mol. The van der Waals surface area contributed by atoms with Crippen molar-refractivity contribution in [3.8, 4) is 5.69 Å². The average molecular weight is 317 g/mol. The Hall–Kier alpha value is -1.79. The highest BCUT2D eigenvalue weighted by Gasteiger charge is 2.06. The van der Waals surface area contributed by atoms with Crippen LogP contribution in [0.1, 0.15) is 16.3 Å². The molecule has 1 atom stereocenters. The Morgan fingerprint density at radius 3 is 2.67 bits per heavy atom. The van der Waals surface area contributed by atoms with E-state index in [4.69, 9.17) is 0 Å². The summed E-state index contributed by atoms with van der Waals surface area (Å²) >= 11 is 1.60. The largest absolute Gasteiger partial charge is 0.259 e. The van der Waals surface area contributed by atoms with Crippen LogP contribution in [0, 0.1) is 6.92 Å². The van der Waals surface area contributed by atoms with Gasteiger partial charge < -0.3 is 0 Å². The topological polar surface area (TPSA) is 47.8 Å². The molecule has 0 amide bonds. The van der Waals surface area contributed by atoms with Crippen molar-refractivity contribution >= 4 is 22.1 Å². The van der Waals surface area contributed by atoms with Crippen LogP contribution in [0.25, 0.3) is 5.69 Å². The molecule has 2 heterocycles. The molecule has 0 aliphatic heterocycles. The average Bonchev–Trinajstić information content (AvgIpc) is 3.11. The van der Waals surface area contributed by atoms with E-state index in [2.05, 4.69) is 10.1 Å². The van der Waals surface area contributed by atoms with Gasteiger partial charge in [0.1, 0.15) is 0 Å². The minimum atomic E-state index is -0.930. The Morgan fingerprint density at radius 1 is 1.24 bits per heavy atom. The summed E-state index contributed by atoms with van der Waals surface area (Å²) in [6.07, 6.45) is 3.65. The van der Waals surface area contributed by atoms with Gasteiger partial charge in [-0.05, 0) is 30.7 Å². The molecule has 3 rings (SSSR count). The van der Waals surface area contributed by atoms with E-state index in [1.807, 2.05) is 48.8 Å². The summed E-state index contributed by atoms with van der Waals surface area (Å²) < 4.78 is 14.0. The number of hydrogen-bond donors (Lipinski definition) is 0. The number of aromatic nitrogens is 3. The molecule has 21 heavy (non-hydrogen) atoms. The van der Waals surface area contributed by atoms with Crippen LogP contribution < -0.4 is 0 Å². The lowest BCUT2D eigenvalue weighted by atomic mass is 10.2. The fraction of sp³-hybridized carbons (Fsp3) is 0.200. The molecule has 0 aliphatic rings. The maximum atomic E-state index is 12.2. The molecule has 0 saturated heterocycles. The molecule has 0 bridgehead atoms. The van der Waals surface area contributed by atoms with Gasteiger partial charge in [0.2, 0.25) is 0 Å². The van der Waals surface area contributed by atoms with Crippen LogP contribution in [0.2, 0.25) is 0 Å². The Morgan fingerprint density at radius 2 is 2.05 bits per heavy atom. The van der Waals surface area contributed by atoms with E-state index in [1.54, 1.807) is 22.2 Å². The van der Waals surface area contributed by atoms with Gasteiger partial charge in [-0.15, -0.1) is 11.3 Å². The number of aryl methyl sites for hydroxylation is 1. The third-order valence-electron chi connectivity index (χ3n) is 3.01. The maximum absolute atomic E-state index is 12.2. The first-order valence-corrected chi connectivity index (χ1v) is 8.92. The third-order valence-corrected chi connectivity index (χ3v) is 5.10. The highest BCUT2D eigenvalue weighted by Crippen LogP contribution is 2.14. The van der Waals surface area contributed by atoms with Crippen LogP contribution in [0.3, 0.4) is 0 Å². The van der Waals surface area contributed by atoms with Crippen LogP contribution in [0.5, 0.6) is 0 Å². The van der Waals surface area contributed by atoms with Crippen molar-refractivity contribution in [2.24, 2.45) is 0 Å². The molecule has 6 heteroatoms. The van der Waals surface area contributed by atoms with Gasteiger partial charge >= 0.3 is 0 Å². The predicted octanol–water partition coefficient (Wildman–Crippen LogP) is 3.09. The third kappa shape index (κ3) is 3.65. The number of thiazole rings is 1. The first kappa shape index (κ1) is 14.2. The molecule has 0 fully saturated rings. The molecule has 0 radical (unpaired) electrons. The monoisotopic (exact) mass is 317 g/mol. The molecule has 0 spiro atoms. The fourth-order valence-electron chi connectivity index (χ4n) is 2.04. The molecule has 0 saturated carbocycles. The standard InChI is InChI=1S/C15H15N3OS2/c1-12-17-14(9-20-12)11-21(19)10-13-3-5-15(6-4-13)18-8-2-7-16-18/h2-9H,10-11H2,1H3. The summed E-state index contributed by atoms with van der Waals surface area (Å²) in [5.41, 5.74) is 2.99. The second kappa shape index (κ2) is 6.32. The maximum Gasteiger partial charge on any atom is 0.0897 e. The second-order valence-electron chi connectivity index (χ2n) is 4.70. The van der Waals surface area contributed by atoms with E-state index < -0.39 is 10.8 Å². The zero-order valence-corrected chi connectivity index (χ0v) is 13.2. The van der Waals surface area contributed by atoms with Crippen LogP contribution in [-0.4, -0.2) is 19.0 Å². The number of rotatable bonds is 5. The summed E-state index contributed by atoms with van der Waals surface area (Å²) in [6, 6.07) is 9.88. The minimum absolute atomic E-state index is 0.519. The lowest BCUT2D eigenvalue weighted by molar-refractivity contribution is 0.681. The van der Waals surface area contributed by atoms with Gasteiger partial charge in [0.25, 0.3) is 0 Å². The number of benzene rings is 1. The zero-order valence-electron chi connectivity index (χ0n) is 11.6. The van der Waals surface area contributed by atoms with Crippen molar-refractivity contribution < 1.29 is 4.21 Å². The Bertz CT molecular complexity index is 733. The SMILES string of the molecule is Cc1nc(CS(=O)Cc2ccc(-n3cccn3)cc2)cs1. The van der Waals surface area contributed by atoms with Gasteiger partial charge in [0, 0.05) is 34.3 Å². The van der Waals surface area contributed by atoms with Gasteiger partial charge in [0.05, 0.1) is 22.1 Å². The van der Waals surface area contributed by atoms with Gasteiger partial charge in [-0.25, -0.2) is 9.67 Å². The van der Waals surface area contributed by atoms with Crippen molar-refractivity contribution in [3.05, 3.63) is 64.4 Å². The Kier molecular flexibility index (Phi) is 4.26. The number of nitrogens with zero attached hydrogens (tertiary/aromatic N) is 3. The molecule has 3 aromatic rings. The van der Waals surface area contributed by atoms with Crippen molar-refractivity contribution in [2.75, 3.05) is 0 Å². The normalized spacial score (nSPS) is 12.4. The van der Waals surface area contributed by atoms with E-state index in [-0.39, 0.29) is 0 Å². The molecule has 0 N–H and O–H groups in total. The fourth-order valence-corrected chi connectivity index (χ4v) is 3.91. The van der Waals surface area contributed by atoms with Crippen molar-refractivity contribution in [2.45, 2.75) is 18.4 Å². The summed E-state index contributed by atoms with van der Waals surface area (Å²) in [4.78, 5) is 4.35. The van der Waals surface area contributed by atoms with Crippen molar-refractivity contribution in [3.63, 3.8) is 0 Å². The highest BCUT2D eigenvalue weighted by atomic mass is 32.2. The van der Waals surface area contributed by atoms with E-state index in [9.17, 15) is 4.21 Å². The lowest BCUT2D eigenvalue weighted by Crippen LogP contribution is -2.00. The molecule has 4 nitrogen and oxygen atoms in total. The van der Waals surface area contributed by atoms with Crippen LogP contribution in [0.15, 0.2) is 48.1 Å². The lowest BCUT2D eigenvalue weighted by Gasteiger charge is -2.04. The van der Waals surface area contributed by atoms with E-state index in [0.29, 0.717) is 11.5 Å². The summed E-state index contributed by atoms with van der Waals surface area (Å²) in [5, 5.41) is 7.18. The second-order valence-corrected chi connectivity index (χ2v) is 7.22. The van der Waals surface area contributed by atoms with Gasteiger partial charge in [-0.2, -0.15) is 5.10 Å². The molecule has 1 aromatic carbocycles. The zero-order chi connectivity index (χ0) is 14.7. The highest BCUT2D eigenvalue weighted by molar-refractivity contribution is 7.83. The Labute approximate surface area is 129 Å². The van der Waals surface area contributed by atoms with Gasteiger partial charge in [0.15, 0.2) is 0 Å². The molecule has 1 unspecified atom stereocenters. The number of hydrogen-bond acceptors (Lipinski definition) is 4. The molecular formula is C15H15N3OS2. The summed E-state index contributed by atoms with van der Waals surface area (Å²) in [5.74, 6) is 1.07. The first-order chi connectivity index (χ1) is 10.2. The van der Waals surface area contributed by atoms with Gasteiger partial charge in [-0.1, -0.05) is 12.1 Å². The van der Waals surface area contributed by atoms with E-state index in [0.717, 1.165) is 22.0 Å². The molecular weight excluding hydrogens is 302 g/mol. The first-order valence-electron chi connectivity index (χ1n) is 6.55. The van der Waals surface area contributed by atoms with Crippen molar-refractivity contribution in [1.29, 1.82) is 0 Å². The van der Waals surface area contributed by atoms with E-state index in [1.165, 1.54) is 0 Å². The smallest absolute Gasteiger partial charge is 0.0897 e.